The van der Waals surface area contributed by atoms with Crippen LogP contribution in [0.4, 0.5) is 0 Å². The first kappa shape index (κ1) is 10.7. The van der Waals surface area contributed by atoms with Gasteiger partial charge in [-0.05, 0) is 44.9 Å². The van der Waals surface area contributed by atoms with Gasteiger partial charge in [-0.3, -0.25) is 0 Å². The summed E-state index contributed by atoms with van der Waals surface area (Å²) in [4.78, 5) is 0. The SMILES string of the molecule is Cc1cc(CC2(O)CCCNC2)c(C)o1. The second-order valence-electron chi connectivity index (χ2n) is 4.62. The zero-order valence-corrected chi connectivity index (χ0v) is 9.47. The first-order valence-electron chi connectivity index (χ1n) is 5.58. The van der Waals surface area contributed by atoms with Crippen molar-refractivity contribution >= 4 is 0 Å². The van der Waals surface area contributed by atoms with E-state index < -0.39 is 5.60 Å². The van der Waals surface area contributed by atoms with Crippen molar-refractivity contribution in [2.75, 3.05) is 13.1 Å². The first-order chi connectivity index (χ1) is 7.09. The van der Waals surface area contributed by atoms with E-state index in [1.165, 1.54) is 0 Å². The monoisotopic (exact) mass is 209 g/mol. The summed E-state index contributed by atoms with van der Waals surface area (Å²) < 4.78 is 5.47. The quantitative estimate of drug-likeness (QED) is 0.777. The van der Waals surface area contributed by atoms with E-state index in [1.54, 1.807) is 0 Å². The zero-order valence-electron chi connectivity index (χ0n) is 9.47. The number of nitrogens with one attached hydrogen (secondary N) is 1. The van der Waals surface area contributed by atoms with Gasteiger partial charge in [0.2, 0.25) is 0 Å². The molecule has 1 aliphatic rings. The average molecular weight is 209 g/mol. The maximum atomic E-state index is 10.4. The van der Waals surface area contributed by atoms with Crippen molar-refractivity contribution in [2.24, 2.45) is 0 Å². The predicted octanol–water partition coefficient (Wildman–Crippen LogP) is 1.55. The molecule has 84 valence electrons. The average Bonchev–Trinajstić information content (AvgIpc) is 2.45. The lowest BCUT2D eigenvalue weighted by Crippen LogP contribution is -2.47. The molecule has 1 fully saturated rings. The molecule has 1 unspecified atom stereocenters. The third-order valence-electron chi connectivity index (χ3n) is 3.11. The molecule has 0 bridgehead atoms. The van der Waals surface area contributed by atoms with Crippen LogP contribution in [0.15, 0.2) is 10.5 Å². The number of hydrogen-bond acceptors (Lipinski definition) is 3. The molecule has 3 heteroatoms. The standard InChI is InChI=1S/C12H19NO2/c1-9-6-11(10(2)15-9)7-12(14)4-3-5-13-8-12/h6,13-14H,3-5,7-8H2,1-2H3. The van der Waals surface area contributed by atoms with Crippen LogP contribution in [0.2, 0.25) is 0 Å². The molecular formula is C12H19NO2. The Morgan fingerprint density at radius 3 is 2.87 bits per heavy atom. The third-order valence-corrected chi connectivity index (χ3v) is 3.11. The summed E-state index contributed by atoms with van der Waals surface area (Å²) in [5.74, 6) is 1.86. The Bertz CT molecular complexity index is 337. The van der Waals surface area contributed by atoms with Crippen LogP contribution >= 0.6 is 0 Å². The van der Waals surface area contributed by atoms with Gasteiger partial charge in [-0.2, -0.15) is 0 Å². The molecule has 3 nitrogen and oxygen atoms in total. The summed E-state index contributed by atoms with van der Waals surface area (Å²) in [5.41, 5.74) is 0.554. The number of aliphatic hydroxyl groups is 1. The molecule has 15 heavy (non-hydrogen) atoms. The molecule has 2 heterocycles. The summed E-state index contributed by atoms with van der Waals surface area (Å²) in [6, 6.07) is 2.03. The van der Waals surface area contributed by atoms with Crippen LogP contribution in [0.25, 0.3) is 0 Å². The van der Waals surface area contributed by atoms with Crippen molar-refractivity contribution in [2.45, 2.75) is 38.7 Å². The fourth-order valence-corrected chi connectivity index (χ4v) is 2.32. The molecule has 0 spiro atoms. The normalized spacial score (nSPS) is 26.9. The van der Waals surface area contributed by atoms with Crippen LogP contribution < -0.4 is 5.32 Å². The second kappa shape index (κ2) is 3.99. The highest BCUT2D eigenvalue weighted by molar-refractivity contribution is 5.22. The molecule has 1 aliphatic heterocycles. The predicted molar refractivity (Wildman–Crippen MR) is 58.9 cm³/mol. The Morgan fingerprint density at radius 2 is 2.33 bits per heavy atom. The topological polar surface area (TPSA) is 45.4 Å². The first-order valence-corrected chi connectivity index (χ1v) is 5.58. The fraction of sp³-hybridized carbons (Fsp3) is 0.667. The van der Waals surface area contributed by atoms with Gasteiger partial charge in [0.05, 0.1) is 5.60 Å². The maximum absolute atomic E-state index is 10.4. The van der Waals surface area contributed by atoms with Gasteiger partial charge in [0.1, 0.15) is 11.5 Å². The van der Waals surface area contributed by atoms with Gasteiger partial charge in [-0.1, -0.05) is 0 Å². The number of β-amino-alcohol motifs (C(OH)–C–C–N with tert-alkyl or cyclic N) is 1. The van der Waals surface area contributed by atoms with Gasteiger partial charge in [0, 0.05) is 13.0 Å². The molecule has 0 amide bonds. The Labute approximate surface area is 90.5 Å². The van der Waals surface area contributed by atoms with Crippen LogP contribution in [-0.4, -0.2) is 23.8 Å². The minimum Gasteiger partial charge on any atom is -0.466 e. The van der Waals surface area contributed by atoms with E-state index in [0.29, 0.717) is 13.0 Å². The van der Waals surface area contributed by atoms with Gasteiger partial charge in [-0.15, -0.1) is 0 Å². The number of furan rings is 1. The zero-order chi connectivity index (χ0) is 10.9. The molecule has 2 rings (SSSR count). The second-order valence-corrected chi connectivity index (χ2v) is 4.62. The Balaban J connectivity index is 2.09. The molecule has 0 saturated carbocycles. The van der Waals surface area contributed by atoms with Crippen molar-refractivity contribution in [1.29, 1.82) is 0 Å². The lowest BCUT2D eigenvalue weighted by molar-refractivity contribution is 0.0166. The van der Waals surface area contributed by atoms with E-state index in [1.807, 2.05) is 19.9 Å². The molecule has 1 aromatic heterocycles. The van der Waals surface area contributed by atoms with Crippen LogP contribution in [0.1, 0.15) is 29.9 Å². The van der Waals surface area contributed by atoms with E-state index in [0.717, 1.165) is 36.5 Å². The van der Waals surface area contributed by atoms with E-state index in [2.05, 4.69) is 5.32 Å². The lowest BCUT2D eigenvalue weighted by atomic mass is 9.87. The van der Waals surface area contributed by atoms with Crippen molar-refractivity contribution in [1.82, 2.24) is 5.32 Å². The van der Waals surface area contributed by atoms with Crippen molar-refractivity contribution < 1.29 is 9.52 Å². The summed E-state index contributed by atoms with van der Waals surface area (Å²) in [7, 11) is 0. The molecule has 1 aromatic rings. The summed E-state index contributed by atoms with van der Waals surface area (Å²) in [6.45, 7) is 5.62. The van der Waals surface area contributed by atoms with E-state index in [4.69, 9.17) is 4.42 Å². The summed E-state index contributed by atoms with van der Waals surface area (Å²) >= 11 is 0. The van der Waals surface area contributed by atoms with Crippen molar-refractivity contribution in [3.63, 3.8) is 0 Å². The van der Waals surface area contributed by atoms with Gasteiger partial charge in [0.15, 0.2) is 0 Å². The molecular weight excluding hydrogens is 190 g/mol. The van der Waals surface area contributed by atoms with Crippen LogP contribution in [0.5, 0.6) is 0 Å². The van der Waals surface area contributed by atoms with Gasteiger partial charge < -0.3 is 14.8 Å². The summed E-state index contributed by atoms with van der Waals surface area (Å²) in [5, 5.41) is 13.6. The highest BCUT2D eigenvalue weighted by atomic mass is 16.3. The Kier molecular flexibility index (Phi) is 2.85. The maximum Gasteiger partial charge on any atom is 0.104 e. The van der Waals surface area contributed by atoms with Crippen molar-refractivity contribution in [3.05, 3.63) is 23.2 Å². The molecule has 0 aromatic carbocycles. The highest BCUT2D eigenvalue weighted by Gasteiger charge is 2.30. The van der Waals surface area contributed by atoms with Crippen LogP contribution in [0.3, 0.4) is 0 Å². The van der Waals surface area contributed by atoms with Gasteiger partial charge in [0.25, 0.3) is 0 Å². The van der Waals surface area contributed by atoms with E-state index in [-0.39, 0.29) is 0 Å². The Hall–Kier alpha value is -0.800. The van der Waals surface area contributed by atoms with Crippen LogP contribution in [0, 0.1) is 13.8 Å². The van der Waals surface area contributed by atoms with Crippen molar-refractivity contribution in [3.8, 4) is 0 Å². The number of piperidine rings is 1. The highest BCUT2D eigenvalue weighted by Crippen LogP contribution is 2.24. The molecule has 0 aliphatic carbocycles. The van der Waals surface area contributed by atoms with E-state index >= 15 is 0 Å². The number of aryl methyl sites for hydroxylation is 2. The molecule has 1 atom stereocenters. The molecule has 0 radical (unpaired) electrons. The largest absolute Gasteiger partial charge is 0.466 e. The van der Waals surface area contributed by atoms with Crippen LogP contribution in [-0.2, 0) is 6.42 Å². The molecule has 1 saturated heterocycles. The minimum absolute atomic E-state index is 0.584. The smallest absolute Gasteiger partial charge is 0.104 e. The number of hydrogen-bond donors (Lipinski definition) is 2. The van der Waals surface area contributed by atoms with Gasteiger partial charge >= 0.3 is 0 Å². The number of rotatable bonds is 2. The molecule has 2 N–H and O–H groups in total. The summed E-state index contributed by atoms with van der Waals surface area (Å²) in [6.07, 6.45) is 2.62. The Morgan fingerprint density at radius 1 is 1.53 bits per heavy atom. The van der Waals surface area contributed by atoms with Gasteiger partial charge in [-0.25, -0.2) is 0 Å². The lowest BCUT2D eigenvalue weighted by Gasteiger charge is -2.32. The minimum atomic E-state index is -0.584. The van der Waals surface area contributed by atoms with E-state index in [9.17, 15) is 5.11 Å². The fourth-order valence-electron chi connectivity index (χ4n) is 2.32. The third kappa shape index (κ3) is 2.41.